The minimum absolute atomic E-state index is 0. The summed E-state index contributed by atoms with van der Waals surface area (Å²) in [5.74, 6) is 0. The molecule has 0 aromatic carbocycles. The maximum atomic E-state index is 5.84. The molecule has 0 radical (unpaired) electrons. The fourth-order valence-corrected chi connectivity index (χ4v) is 9.25. The van der Waals surface area contributed by atoms with Crippen LogP contribution in [0.1, 0.15) is 285 Å². The SMILES string of the molecule is CCCCCCCCCCCC[N+]([S-])(CCCCCCCCCCCC)C(=S)[S-].CCCCCCCCCCCC[N+]([S-])(CCCCCCCCCCCC)C(=S)[S-].[Zn+2]. The van der Waals surface area contributed by atoms with Crippen LogP contribution in [-0.4, -0.2) is 42.6 Å². The molecule has 0 aliphatic carbocycles. The second kappa shape index (κ2) is 50.9. The second-order valence-electron chi connectivity index (χ2n) is 17.9. The van der Waals surface area contributed by atoms with Crippen LogP contribution in [0.3, 0.4) is 0 Å². The van der Waals surface area contributed by atoms with E-state index in [1.807, 2.05) is 0 Å². The Labute approximate surface area is 418 Å². The van der Waals surface area contributed by atoms with E-state index in [9.17, 15) is 0 Å². The number of rotatable bonds is 44. The summed E-state index contributed by atoms with van der Waals surface area (Å²) in [5, 5.41) is 0. The Kier molecular flexibility index (Phi) is 56.2. The maximum Gasteiger partial charge on any atom is 2.00 e. The van der Waals surface area contributed by atoms with Gasteiger partial charge in [-0.2, -0.15) is 0 Å². The van der Waals surface area contributed by atoms with Gasteiger partial charge in [0.05, 0.1) is 26.2 Å². The number of hydrogen-bond acceptors (Lipinski definition) is 6. The number of unbranched alkanes of at least 4 members (excludes halogenated alkanes) is 36. The summed E-state index contributed by atoms with van der Waals surface area (Å²) in [4.78, 5) is 0. The fraction of sp³-hybridized carbons (Fsp3) is 0.960. The molecular weight excluding hydrogens is 886 g/mol. The summed E-state index contributed by atoms with van der Waals surface area (Å²) in [5.41, 5.74) is 0. The zero-order valence-corrected chi connectivity index (χ0v) is 48.0. The van der Waals surface area contributed by atoms with E-state index in [0.29, 0.717) is 16.4 Å². The maximum absolute atomic E-state index is 5.84. The first-order valence-electron chi connectivity index (χ1n) is 25.7. The number of hydrogen-bond donors (Lipinski definition) is 0. The van der Waals surface area contributed by atoms with Crippen LogP contribution < -0.4 is 0 Å². The number of thiocarbonyl (C=S) groups is 2. The molecule has 0 rings (SSSR count). The molecule has 0 N–H and O–H groups in total. The molecule has 9 heteroatoms. The predicted octanol–water partition coefficient (Wildman–Crippen LogP) is 17.9. The second-order valence-corrected chi connectivity index (χ2v) is 21.4. The molecular formula is C50H100N2S6Zn. The van der Waals surface area contributed by atoms with Crippen LogP contribution in [0.25, 0.3) is 0 Å². The van der Waals surface area contributed by atoms with Gasteiger partial charge in [-0.25, -0.2) is 0 Å². The molecule has 0 saturated heterocycles. The minimum Gasteiger partial charge on any atom is -0.489 e. The molecule has 0 atom stereocenters. The summed E-state index contributed by atoms with van der Waals surface area (Å²) in [6, 6.07) is 0. The molecule has 348 valence electrons. The predicted molar refractivity (Wildman–Crippen MR) is 282 cm³/mol. The van der Waals surface area contributed by atoms with E-state index in [1.54, 1.807) is 0 Å². The normalized spacial score (nSPS) is 11.6. The van der Waals surface area contributed by atoms with Crippen molar-refractivity contribution in [3.05, 3.63) is 0 Å². The van der Waals surface area contributed by atoms with Crippen LogP contribution >= 0.6 is 24.4 Å². The van der Waals surface area contributed by atoms with Crippen LogP contribution in [-0.2, 0) is 70.4 Å². The van der Waals surface area contributed by atoms with Gasteiger partial charge in [-0.05, 0) is 51.4 Å². The zero-order valence-electron chi connectivity index (χ0n) is 40.2. The third-order valence-corrected chi connectivity index (χ3v) is 15.1. The number of quaternary nitrogens is 2. The summed E-state index contributed by atoms with van der Waals surface area (Å²) < 4.78 is 2.04. The van der Waals surface area contributed by atoms with Gasteiger partial charge >= 0.3 is 19.5 Å². The smallest absolute Gasteiger partial charge is 0.489 e. The van der Waals surface area contributed by atoms with Crippen LogP contribution in [0, 0.1) is 0 Å². The van der Waals surface area contributed by atoms with Gasteiger partial charge in [-0.15, -0.1) is 0 Å². The van der Waals surface area contributed by atoms with E-state index in [-0.39, 0.29) is 19.5 Å². The van der Waals surface area contributed by atoms with E-state index >= 15 is 0 Å². The topological polar surface area (TPSA) is 0 Å². The third kappa shape index (κ3) is 46.2. The first-order chi connectivity index (χ1) is 28.1. The molecule has 0 aromatic heterocycles. The zero-order chi connectivity index (χ0) is 43.3. The standard InChI is InChI=1S/2C25H51NS3.Zn/c2*1-3-5-7-9-11-13-15-17-19-21-23-26(29,25(27)28)24-22-20-18-16-14-12-10-8-6-4-2;/h2*3-24H2,1-2H3,(H,27,28);/q;;+2/p-2. The van der Waals surface area contributed by atoms with Gasteiger partial charge < -0.3 is 83.1 Å². The largest absolute Gasteiger partial charge is 2.00 e. The molecule has 0 unspecified atom stereocenters. The van der Waals surface area contributed by atoms with Gasteiger partial charge in [0.25, 0.3) is 0 Å². The van der Waals surface area contributed by atoms with Crippen LogP contribution in [0.15, 0.2) is 0 Å². The van der Waals surface area contributed by atoms with Crippen molar-refractivity contribution in [2.45, 2.75) is 285 Å². The summed E-state index contributed by atoms with van der Waals surface area (Å²) in [7, 11) is 0. The Morgan fingerprint density at radius 2 is 0.390 bits per heavy atom. The van der Waals surface area contributed by atoms with Crippen molar-refractivity contribution in [3.63, 3.8) is 0 Å². The average Bonchev–Trinajstić information content (AvgIpc) is 3.20. The van der Waals surface area contributed by atoms with Gasteiger partial charge in [0.1, 0.15) is 0 Å². The van der Waals surface area contributed by atoms with Gasteiger partial charge in [-0.1, -0.05) is 233 Å². The van der Waals surface area contributed by atoms with Crippen molar-refractivity contribution in [2.24, 2.45) is 0 Å². The Morgan fingerprint density at radius 1 is 0.271 bits per heavy atom. The molecule has 0 spiro atoms. The Bertz CT molecular complexity index is 747. The van der Waals surface area contributed by atoms with E-state index in [4.69, 9.17) is 75.3 Å². The van der Waals surface area contributed by atoms with E-state index < -0.39 is 0 Å². The van der Waals surface area contributed by atoms with Crippen molar-refractivity contribution < 1.29 is 27.3 Å². The van der Waals surface area contributed by atoms with Crippen molar-refractivity contribution in [1.82, 2.24) is 0 Å². The average molecular weight is 987 g/mol. The molecule has 0 amide bonds. The minimum atomic E-state index is 0. The number of nitrogens with zero attached hydrogens (tertiary/aromatic N) is 2. The van der Waals surface area contributed by atoms with E-state index in [0.717, 1.165) is 26.2 Å². The molecule has 0 bridgehead atoms. The quantitative estimate of drug-likeness (QED) is 0.0195. The molecule has 0 aliphatic heterocycles. The molecule has 0 heterocycles. The Morgan fingerprint density at radius 3 is 0.508 bits per heavy atom. The summed E-state index contributed by atoms with van der Waals surface area (Å²) >= 11 is 33.1. The van der Waals surface area contributed by atoms with Crippen molar-refractivity contribution in [1.29, 1.82) is 0 Å². The third-order valence-electron chi connectivity index (χ3n) is 12.2. The van der Waals surface area contributed by atoms with Gasteiger partial charge in [0.2, 0.25) is 0 Å². The van der Waals surface area contributed by atoms with Crippen molar-refractivity contribution in [3.8, 4) is 0 Å². The van der Waals surface area contributed by atoms with Gasteiger partial charge in [0, 0.05) is 8.64 Å². The van der Waals surface area contributed by atoms with E-state index in [1.165, 1.54) is 257 Å². The van der Waals surface area contributed by atoms with Crippen LogP contribution in [0.4, 0.5) is 0 Å². The fourth-order valence-electron chi connectivity index (χ4n) is 8.01. The van der Waals surface area contributed by atoms with Crippen molar-refractivity contribution in [2.75, 3.05) is 26.2 Å². The van der Waals surface area contributed by atoms with Gasteiger partial charge in [0.15, 0.2) is 0 Å². The van der Waals surface area contributed by atoms with Crippen LogP contribution in [0.2, 0.25) is 0 Å². The van der Waals surface area contributed by atoms with E-state index in [2.05, 4.69) is 27.7 Å². The molecule has 59 heavy (non-hydrogen) atoms. The molecule has 0 fully saturated rings. The monoisotopic (exact) mass is 985 g/mol. The molecule has 2 nitrogen and oxygen atoms in total. The van der Waals surface area contributed by atoms with Crippen molar-refractivity contribution >= 4 is 84.0 Å². The first kappa shape index (κ1) is 65.1. The molecule has 0 saturated carbocycles. The molecule has 0 aliphatic rings. The van der Waals surface area contributed by atoms with Gasteiger partial charge in [-0.3, -0.25) is 0 Å². The van der Waals surface area contributed by atoms with Crippen LogP contribution in [0.5, 0.6) is 0 Å². The Balaban J connectivity index is -0.00000105. The summed E-state index contributed by atoms with van der Waals surface area (Å²) in [6.07, 6.45) is 54.2. The summed E-state index contributed by atoms with van der Waals surface area (Å²) in [6.45, 7) is 13.0. The first-order valence-corrected chi connectivity index (χ1v) is 28.1. The molecule has 0 aromatic rings. The Hall–Kier alpha value is 1.86.